The highest BCUT2D eigenvalue weighted by Crippen LogP contribution is 2.17. The van der Waals surface area contributed by atoms with Crippen molar-refractivity contribution in [1.29, 1.82) is 0 Å². The van der Waals surface area contributed by atoms with Gasteiger partial charge in [-0.2, -0.15) is 0 Å². The summed E-state index contributed by atoms with van der Waals surface area (Å²) in [6.45, 7) is 5.67. The van der Waals surface area contributed by atoms with Gasteiger partial charge in [-0.1, -0.05) is 12.1 Å². The van der Waals surface area contributed by atoms with E-state index in [-0.39, 0.29) is 11.1 Å². The van der Waals surface area contributed by atoms with Crippen molar-refractivity contribution in [2.24, 2.45) is 0 Å². The minimum atomic E-state index is -0.983. The number of para-hydroxylation sites is 1. The molecule has 0 aromatic heterocycles. The fourth-order valence-electron chi connectivity index (χ4n) is 1.73. The van der Waals surface area contributed by atoms with Gasteiger partial charge in [0.05, 0.1) is 6.61 Å². The number of ether oxygens (including phenoxy) is 2. The summed E-state index contributed by atoms with van der Waals surface area (Å²) in [5, 5.41) is 12.3. The van der Waals surface area contributed by atoms with Crippen LogP contribution in [0.15, 0.2) is 24.3 Å². The maximum Gasteiger partial charge on any atom is 0.339 e. The lowest BCUT2D eigenvalue weighted by Gasteiger charge is -2.25. The van der Waals surface area contributed by atoms with Crippen LogP contribution in [0.5, 0.6) is 5.75 Å². The van der Waals surface area contributed by atoms with Gasteiger partial charge in [0.15, 0.2) is 0 Å². The van der Waals surface area contributed by atoms with E-state index in [1.54, 1.807) is 25.3 Å². The van der Waals surface area contributed by atoms with Gasteiger partial charge in [0.25, 0.3) is 0 Å². The Bertz CT molecular complexity index is 418. The molecule has 0 atom stereocenters. The third-order valence-corrected chi connectivity index (χ3v) is 2.59. The lowest BCUT2D eigenvalue weighted by Crippen LogP contribution is -2.45. The predicted molar refractivity (Wildman–Crippen MR) is 72.9 cm³/mol. The van der Waals surface area contributed by atoms with Gasteiger partial charge in [-0.05, 0) is 26.0 Å². The molecule has 0 spiro atoms. The number of nitrogens with one attached hydrogen (secondary N) is 1. The molecule has 0 bridgehead atoms. The summed E-state index contributed by atoms with van der Waals surface area (Å²) < 4.78 is 10.6. The van der Waals surface area contributed by atoms with Crippen molar-refractivity contribution in [3.63, 3.8) is 0 Å². The van der Waals surface area contributed by atoms with Crippen molar-refractivity contribution in [3.05, 3.63) is 29.8 Å². The largest absolute Gasteiger partial charge is 0.491 e. The SMILES string of the molecule is COCC(C)(C)NCCOc1ccccc1C(=O)O. The van der Waals surface area contributed by atoms with E-state index in [2.05, 4.69) is 5.32 Å². The van der Waals surface area contributed by atoms with E-state index in [9.17, 15) is 4.79 Å². The number of aromatic carboxylic acids is 1. The van der Waals surface area contributed by atoms with Gasteiger partial charge in [-0.25, -0.2) is 4.79 Å². The first-order valence-electron chi connectivity index (χ1n) is 6.15. The molecule has 0 radical (unpaired) electrons. The molecule has 0 saturated heterocycles. The summed E-state index contributed by atoms with van der Waals surface area (Å²) in [7, 11) is 1.66. The zero-order chi connectivity index (χ0) is 14.3. The Morgan fingerprint density at radius 3 is 2.68 bits per heavy atom. The molecule has 0 aliphatic carbocycles. The predicted octanol–water partition coefficient (Wildman–Crippen LogP) is 1.78. The summed E-state index contributed by atoms with van der Waals surface area (Å²) in [5.41, 5.74) is 0.0448. The normalized spacial score (nSPS) is 11.3. The fraction of sp³-hybridized carbons (Fsp3) is 0.500. The second-order valence-electron chi connectivity index (χ2n) is 4.89. The van der Waals surface area contributed by atoms with Crippen LogP contribution in [-0.2, 0) is 4.74 Å². The molecule has 1 aromatic rings. The van der Waals surface area contributed by atoms with E-state index in [0.717, 1.165) is 0 Å². The smallest absolute Gasteiger partial charge is 0.339 e. The Labute approximate surface area is 113 Å². The Hall–Kier alpha value is -1.59. The molecule has 1 rings (SSSR count). The molecule has 5 heteroatoms. The van der Waals surface area contributed by atoms with E-state index in [0.29, 0.717) is 25.5 Å². The summed E-state index contributed by atoms with van der Waals surface area (Å²) in [4.78, 5) is 11.0. The van der Waals surface area contributed by atoms with Crippen LogP contribution in [0.3, 0.4) is 0 Å². The van der Waals surface area contributed by atoms with Crippen molar-refractivity contribution < 1.29 is 19.4 Å². The molecule has 0 saturated carbocycles. The first-order valence-corrected chi connectivity index (χ1v) is 6.15. The number of carboxylic acid groups (broad SMARTS) is 1. The zero-order valence-electron chi connectivity index (χ0n) is 11.6. The minimum Gasteiger partial charge on any atom is -0.491 e. The lowest BCUT2D eigenvalue weighted by atomic mass is 10.1. The highest BCUT2D eigenvalue weighted by molar-refractivity contribution is 5.90. The van der Waals surface area contributed by atoms with Gasteiger partial charge < -0.3 is 19.9 Å². The quantitative estimate of drug-likeness (QED) is 0.703. The number of rotatable bonds is 8. The molecule has 0 aliphatic rings. The third-order valence-electron chi connectivity index (χ3n) is 2.59. The molecule has 5 nitrogen and oxygen atoms in total. The highest BCUT2D eigenvalue weighted by atomic mass is 16.5. The van der Waals surface area contributed by atoms with E-state index in [1.807, 2.05) is 13.8 Å². The monoisotopic (exact) mass is 267 g/mol. The van der Waals surface area contributed by atoms with Gasteiger partial charge in [0.2, 0.25) is 0 Å². The topological polar surface area (TPSA) is 67.8 Å². The van der Waals surface area contributed by atoms with E-state index < -0.39 is 5.97 Å². The third kappa shape index (κ3) is 5.28. The van der Waals surface area contributed by atoms with Crippen LogP contribution >= 0.6 is 0 Å². The number of hydrogen-bond acceptors (Lipinski definition) is 4. The number of benzene rings is 1. The standard InChI is InChI=1S/C14H21NO4/c1-14(2,10-18-3)15-8-9-19-12-7-5-4-6-11(12)13(16)17/h4-7,15H,8-10H2,1-3H3,(H,16,17). The summed E-state index contributed by atoms with van der Waals surface area (Å²) in [5.74, 6) is -0.593. The van der Waals surface area contributed by atoms with Crippen molar-refractivity contribution in [3.8, 4) is 5.75 Å². The Balaban J connectivity index is 2.44. The van der Waals surface area contributed by atoms with E-state index in [1.165, 1.54) is 6.07 Å². The maximum atomic E-state index is 11.0. The number of methoxy groups -OCH3 is 1. The molecule has 0 heterocycles. The molecule has 0 amide bonds. The summed E-state index contributed by atoms with van der Waals surface area (Å²) >= 11 is 0. The van der Waals surface area contributed by atoms with Crippen molar-refractivity contribution in [2.75, 3.05) is 26.9 Å². The van der Waals surface area contributed by atoms with E-state index in [4.69, 9.17) is 14.6 Å². The second kappa shape index (κ2) is 7.11. The minimum absolute atomic E-state index is 0.134. The summed E-state index contributed by atoms with van der Waals surface area (Å²) in [6, 6.07) is 6.62. The number of carboxylic acids is 1. The first-order chi connectivity index (χ1) is 8.96. The average molecular weight is 267 g/mol. The van der Waals surface area contributed by atoms with Crippen LogP contribution in [0.4, 0.5) is 0 Å². The maximum absolute atomic E-state index is 11.0. The zero-order valence-corrected chi connectivity index (χ0v) is 11.6. The Kier molecular flexibility index (Phi) is 5.79. The van der Waals surface area contributed by atoms with Crippen LogP contribution in [0.2, 0.25) is 0 Å². The molecule has 0 aliphatic heterocycles. The lowest BCUT2D eigenvalue weighted by molar-refractivity contribution is 0.0692. The molecule has 0 unspecified atom stereocenters. The van der Waals surface area contributed by atoms with Gasteiger partial charge in [0, 0.05) is 19.2 Å². The van der Waals surface area contributed by atoms with Crippen LogP contribution in [-0.4, -0.2) is 43.5 Å². The van der Waals surface area contributed by atoms with Gasteiger partial charge in [-0.3, -0.25) is 0 Å². The van der Waals surface area contributed by atoms with Crippen molar-refractivity contribution in [1.82, 2.24) is 5.32 Å². The fourth-order valence-corrected chi connectivity index (χ4v) is 1.73. The van der Waals surface area contributed by atoms with E-state index >= 15 is 0 Å². The molecule has 0 fully saturated rings. The summed E-state index contributed by atoms with van der Waals surface area (Å²) in [6.07, 6.45) is 0. The number of hydrogen-bond donors (Lipinski definition) is 2. The Morgan fingerprint density at radius 1 is 1.37 bits per heavy atom. The molecule has 2 N–H and O–H groups in total. The van der Waals surface area contributed by atoms with Crippen LogP contribution in [0, 0.1) is 0 Å². The molecular weight excluding hydrogens is 246 g/mol. The van der Waals surface area contributed by atoms with Gasteiger partial charge >= 0.3 is 5.97 Å². The molecule has 106 valence electrons. The van der Waals surface area contributed by atoms with Gasteiger partial charge in [0.1, 0.15) is 17.9 Å². The first kappa shape index (κ1) is 15.5. The van der Waals surface area contributed by atoms with Crippen LogP contribution in [0.1, 0.15) is 24.2 Å². The Morgan fingerprint density at radius 2 is 2.05 bits per heavy atom. The van der Waals surface area contributed by atoms with Crippen molar-refractivity contribution in [2.45, 2.75) is 19.4 Å². The molecule has 19 heavy (non-hydrogen) atoms. The molecule has 1 aromatic carbocycles. The van der Waals surface area contributed by atoms with Crippen LogP contribution < -0.4 is 10.1 Å². The second-order valence-corrected chi connectivity index (χ2v) is 4.89. The highest BCUT2D eigenvalue weighted by Gasteiger charge is 2.16. The van der Waals surface area contributed by atoms with Crippen LogP contribution in [0.25, 0.3) is 0 Å². The van der Waals surface area contributed by atoms with Crippen molar-refractivity contribution >= 4 is 5.97 Å². The number of carbonyl (C=O) groups is 1. The molecular formula is C14H21NO4. The average Bonchev–Trinajstić information content (AvgIpc) is 2.35. The van der Waals surface area contributed by atoms with Gasteiger partial charge in [-0.15, -0.1) is 0 Å².